The molecule has 1 unspecified atom stereocenters. The third kappa shape index (κ3) is 4.30. The Kier molecular flexibility index (Phi) is 5.52. The molecule has 0 saturated carbocycles. The molecule has 1 aliphatic rings. The van der Waals surface area contributed by atoms with E-state index < -0.39 is 6.04 Å². The summed E-state index contributed by atoms with van der Waals surface area (Å²) >= 11 is 0. The molecular weight excluding hydrogens is 254 g/mol. The molecule has 0 aromatic heterocycles. The van der Waals surface area contributed by atoms with Gasteiger partial charge in [-0.05, 0) is 12.5 Å². The summed E-state index contributed by atoms with van der Waals surface area (Å²) in [5.74, 6) is -0.128. The fourth-order valence-corrected chi connectivity index (χ4v) is 2.36. The smallest absolute Gasteiger partial charge is 0.241 e. The number of nitrogens with two attached hydrogens (primary N) is 1. The first-order chi connectivity index (χ1) is 9.66. The highest BCUT2D eigenvalue weighted by molar-refractivity contribution is 5.83. The molecule has 20 heavy (non-hydrogen) atoms. The monoisotopic (exact) mass is 277 g/mol. The zero-order valence-electron chi connectivity index (χ0n) is 11.9. The first-order valence-corrected chi connectivity index (χ1v) is 7.08. The van der Waals surface area contributed by atoms with Gasteiger partial charge in [0.25, 0.3) is 0 Å². The fraction of sp³-hybridized carbons (Fsp3) is 0.533. The Labute approximate surface area is 120 Å². The molecule has 1 aromatic carbocycles. The first kappa shape index (κ1) is 15.0. The van der Waals surface area contributed by atoms with E-state index in [9.17, 15) is 4.79 Å². The van der Waals surface area contributed by atoms with Crippen LogP contribution in [0.1, 0.15) is 18.5 Å². The van der Waals surface area contributed by atoms with E-state index in [1.54, 1.807) is 0 Å². The standard InChI is InChI=1S/C15H23N3O2/c1-12(11-18-7-9-20-10-8-18)17-15(19)14(16)13-5-3-2-4-6-13/h2-6,12,14H,7-11,16H2,1H3,(H,17,19)/t12?,14-/m0/s1. The highest BCUT2D eigenvalue weighted by Crippen LogP contribution is 2.09. The summed E-state index contributed by atoms with van der Waals surface area (Å²) in [5.41, 5.74) is 6.81. The molecule has 1 heterocycles. The quantitative estimate of drug-likeness (QED) is 0.823. The van der Waals surface area contributed by atoms with E-state index in [-0.39, 0.29) is 11.9 Å². The maximum atomic E-state index is 12.1. The van der Waals surface area contributed by atoms with E-state index in [0.717, 1.165) is 38.4 Å². The second kappa shape index (κ2) is 7.38. The van der Waals surface area contributed by atoms with E-state index in [4.69, 9.17) is 10.5 Å². The molecule has 1 saturated heterocycles. The van der Waals surface area contributed by atoms with Gasteiger partial charge in [0.05, 0.1) is 13.2 Å². The number of rotatable bonds is 5. The third-order valence-electron chi connectivity index (χ3n) is 3.47. The largest absolute Gasteiger partial charge is 0.379 e. The summed E-state index contributed by atoms with van der Waals surface area (Å²) in [6.07, 6.45) is 0. The molecule has 1 aliphatic heterocycles. The van der Waals surface area contributed by atoms with Crippen LogP contribution in [-0.2, 0) is 9.53 Å². The van der Waals surface area contributed by atoms with Crippen LogP contribution in [0, 0.1) is 0 Å². The Morgan fingerprint density at radius 3 is 2.65 bits per heavy atom. The van der Waals surface area contributed by atoms with Crippen molar-refractivity contribution in [1.82, 2.24) is 10.2 Å². The number of carbonyl (C=O) groups excluding carboxylic acids is 1. The molecule has 0 spiro atoms. The van der Waals surface area contributed by atoms with Crippen LogP contribution >= 0.6 is 0 Å². The van der Waals surface area contributed by atoms with Crippen LogP contribution < -0.4 is 11.1 Å². The second-order valence-corrected chi connectivity index (χ2v) is 5.21. The Hall–Kier alpha value is -1.43. The van der Waals surface area contributed by atoms with Gasteiger partial charge in [0, 0.05) is 25.7 Å². The zero-order valence-corrected chi connectivity index (χ0v) is 11.9. The van der Waals surface area contributed by atoms with Gasteiger partial charge in [0.15, 0.2) is 0 Å². The van der Waals surface area contributed by atoms with Crippen molar-refractivity contribution in [3.63, 3.8) is 0 Å². The number of nitrogens with zero attached hydrogens (tertiary/aromatic N) is 1. The van der Waals surface area contributed by atoms with Gasteiger partial charge >= 0.3 is 0 Å². The summed E-state index contributed by atoms with van der Waals surface area (Å²) in [4.78, 5) is 14.4. The topological polar surface area (TPSA) is 67.6 Å². The average Bonchev–Trinajstić information content (AvgIpc) is 2.48. The lowest BCUT2D eigenvalue weighted by Crippen LogP contribution is -2.47. The van der Waals surface area contributed by atoms with Gasteiger partial charge in [-0.2, -0.15) is 0 Å². The number of hydrogen-bond donors (Lipinski definition) is 2. The van der Waals surface area contributed by atoms with Crippen molar-refractivity contribution in [2.24, 2.45) is 5.73 Å². The summed E-state index contributed by atoms with van der Waals surface area (Å²) < 4.78 is 5.31. The van der Waals surface area contributed by atoms with Gasteiger partial charge in [-0.3, -0.25) is 9.69 Å². The number of nitrogens with one attached hydrogen (secondary N) is 1. The lowest BCUT2D eigenvalue weighted by atomic mass is 10.1. The molecular formula is C15H23N3O2. The minimum Gasteiger partial charge on any atom is -0.379 e. The molecule has 1 aromatic rings. The Bertz CT molecular complexity index is 418. The van der Waals surface area contributed by atoms with Crippen molar-refractivity contribution >= 4 is 5.91 Å². The highest BCUT2D eigenvalue weighted by atomic mass is 16.5. The van der Waals surface area contributed by atoms with Gasteiger partial charge < -0.3 is 15.8 Å². The number of ether oxygens (including phenoxy) is 1. The van der Waals surface area contributed by atoms with Gasteiger partial charge in [-0.25, -0.2) is 0 Å². The fourth-order valence-electron chi connectivity index (χ4n) is 2.36. The molecule has 2 atom stereocenters. The van der Waals surface area contributed by atoms with E-state index in [1.165, 1.54) is 0 Å². The summed E-state index contributed by atoms with van der Waals surface area (Å²) in [5, 5.41) is 2.98. The van der Waals surface area contributed by atoms with Crippen LogP contribution in [0.5, 0.6) is 0 Å². The van der Waals surface area contributed by atoms with Crippen LogP contribution in [0.2, 0.25) is 0 Å². The lowest BCUT2D eigenvalue weighted by molar-refractivity contribution is -0.123. The number of benzene rings is 1. The molecule has 3 N–H and O–H groups in total. The van der Waals surface area contributed by atoms with Crippen LogP contribution in [0.3, 0.4) is 0 Å². The van der Waals surface area contributed by atoms with Crippen LogP contribution in [0.4, 0.5) is 0 Å². The van der Waals surface area contributed by atoms with Gasteiger partial charge in [0.2, 0.25) is 5.91 Å². The van der Waals surface area contributed by atoms with Crippen molar-refractivity contribution in [3.05, 3.63) is 35.9 Å². The SMILES string of the molecule is CC(CN1CCOCC1)NC(=O)[C@@H](N)c1ccccc1. The minimum absolute atomic E-state index is 0.0790. The maximum absolute atomic E-state index is 12.1. The van der Waals surface area contributed by atoms with E-state index in [2.05, 4.69) is 10.2 Å². The molecule has 5 nitrogen and oxygen atoms in total. The molecule has 2 rings (SSSR count). The highest BCUT2D eigenvalue weighted by Gasteiger charge is 2.19. The maximum Gasteiger partial charge on any atom is 0.241 e. The van der Waals surface area contributed by atoms with Crippen LogP contribution in [0.15, 0.2) is 30.3 Å². The normalized spacial score (nSPS) is 19.3. The number of morpholine rings is 1. The summed E-state index contributed by atoms with van der Waals surface area (Å²) in [6.45, 7) is 6.21. The molecule has 1 amide bonds. The minimum atomic E-state index is -0.608. The third-order valence-corrected chi connectivity index (χ3v) is 3.47. The first-order valence-electron chi connectivity index (χ1n) is 7.08. The number of carbonyl (C=O) groups is 1. The molecule has 0 radical (unpaired) electrons. The number of amides is 1. The number of hydrogen-bond acceptors (Lipinski definition) is 4. The molecule has 5 heteroatoms. The Balaban J connectivity index is 1.81. The Morgan fingerprint density at radius 1 is 1.35 bits per heavy atom. The lowest BCUT2D eigenvalue weighted by Gasteiger charge is -2.29. The molecule has 0 aliphatic carbocycles. The van der Waals surface area contributed by atoms with Crippen molar-refractivity contribution in [2.75, 3.05) is 32.8 Å². The van der Waals surface area contributed by atoms with Gasteiger partial charge in [-0.1, -0.05) is 30.3 Å². The van der Waals surface area contributed by atoms with Crippen molar-refractivity contribution < 1.29 is 9.53 Å². The van der Waals surface area contributed by atoms with Crippen molar-refractivity contribution in [3.8, 4) is 0 Å². The predicted molar refractivity (Wildman–Crippen MR) is 78.2 cm³/mol. The Morgan fingerprint density at radius 2 is 2.00 bits per heavy atom. The summed E-state index contributed by atoms with van der Waals surface area (Å²) in [6, 6.07) is 8.90. The molecule has 110 valence electrons. The van der Waals surface area contributed by atoms with Crippen molar-refractivity contribution in [2.45, 2.75) is 19.0 Å². The van der Waals surface area contributed by atoms with E-state index in [1.807, 2.05) is 37.3 Å². The molecule has 1 fully saturated rings. The summed E-state index contributed by atoms with van der Waals surface area (Å²) in [7, 11) is 0. The van der Waals surface area contributed by atoms with Gasteiger partial charge in [-0.15, -0.1) is 0 Å². The zero-order chi connectivity index (χ0) is 14.4. The van der Waals surface area contributed by atoms with Crippen molar-refractivity contribution in [1.29, 1.82) is 0 Å². The molecule has 0 bridgehead atoms. The van der Waals surface area contributed by atoms with Crippen LogP contribution in [-0.4, -0.2) is 49.7 Å². The van der Waals surface area contributed by atoms with Gasteiger partial charge in [0.1, 0.15) is 6.04 Å². The second-order valence-electron chi connectivity index (χ2n) is 5.21. The average molecular weight is 277 g/mol. The van der Waals surface area contributed by atoms with E-state index >= 15 is 0 Å². The predicted octanol–water partition coefficient (Wildman–Crippen LogP) is 0.523. The van der Waals surface area contributed by atoms with E-state index in [0.29, 0.717) is 0 Å². The van der Waals surface area contributed by atoms with Crippen LogP contribution in [0.25, 0.3) is 0 Å².